The van der Waals surface area contributed by atoms with Crippen LogP contribution in [0.4, 0.5) is 5.82 Å². The van der Waals surface area contributed by atoms with Crippen molar-refractivity contribution in [2.45, 2.75) is 19.3 Å². The van der Waals surface area contributed by atoms with Crippen LogP contribution in [0.2, 0.25) is 0 Å². The minimum absolute atomic E-state index is 0.566. The number of nitrogens with zero attached hydrogens (tertiary/aromatic N) is 3. The van der Waals surface area contributed by atoms with Gasteiger partial charge in [0.1, 0.15) is 11.6 Å². The standard InChI is InChI=1S/C10H16N4/c11-9-3-5-12-10(13-9)4-8-14-6-1-2-7-14/h3,5H,1-2,4,6-8H2,(H2,11,12,13). The summed E-state index contributed by atoms with van der Waals surface area (Å²) in [5.74, 6) is 1.42. The Bertz CT molecular complexity index is 294. The molecule has 0 amide bonds. The first-order chi connectivity index (χ1) is 6.84. The summed E-state index contributed by atoms with van der Waals surface area (Å²) >= 11 is 0. The third-order valence-electron chi connectivity index (χ3n) is 2.58. The largest absolute Gasteiger partial charge is 0.384 e. The summed E-state index contributed by atoms with van der Waals surface area (Å²) in [6.45, 7) is 3.51. The van der Waals surface area contributed by atoms with Crippen molar-refractivity contribution in [3.05, 3.63) is 18.1 Å². The van der Waals surface area contributed by atoms with Crippen molar-refractivity contribution in [1.82, 2.24) is 14.9 Å². The number of nitrogens with two attached hydrogens (primary N) is 1. The van der Waals surface area contributed by atoms with Crippen LogP contribution in [0.3, 0.4) is 0 Å². The maximum atomic E-state index is 5.58. The van der Waals surface area contributed by atoms with E-state index >= 15 is 0 Å². The first kappa shape index (κ1) is 9.40. The Kier molecular flexibility index (Phi) is 2.93. The summed E-state index contributed by atoms with van der Waals surface area (Å²) < 4.78 is 0. The molecule has 0 spiro atoms. The van der Waals surface area contributed by atoms with Crippen LogP contribution in [0.5, 0.6) is 0 Å². The molecule has 0 aromatic carbocycles. The van der Waals surface area contributed by atoms with Crippen LogP contribution < -0.4 is 5.73 Å². The summed E-state index contributed by atoms with van der Waals surface area (Å²) in [5.41, 5.74) is 5.58. The second-order valence-electron chi connectivity index (χ2n) is 3.70. The van der Waals surface area contributed by atoms with Gasteiger partial charge in [0.05, 0.1) is 0 Å². The van der Waals surface area contributed by atoms with Gasteiger partial charge in [-0.05, 0) is 32.0 Å². The molecule has 76 valence electrons. The Labute approximate surface area is 84.2 Å². The van der Waals surface area contributed by atoms with E-state index < -0.39 is 0 Å². The summed E-state index contributed by atoms with van der Waals surface area (Å²) in [6.07, 6.45) is 5.29. The maximum Gasteiger partial charge on any atom is 0.131 e. The second kappa shape index (κ2) is 4.37. The van der Waals surface area contributed by atoms with Gasteiger partial charge in [0.25, 0.3) is 0 Å². The zero-order valence-electron chi connectivity index (χ0n) is 8.32. The number of hydrogen-bond acceptors (Lipinski definition) is 4. The summed E-state index contributed by atoms with van der Waals surface area (Å²) in [4.78, 5) is 10.8. The van der Waals surface area contributed by atoms with Gasteiger partial charge in [-0.2, -0.15) is 0 Å². The van der Waals surface area contributed by atoms with Gasteiger partial charge in [-0.1, -0.05) is 0 Å². The predicted molar refractivity (Wildman–Crippen MR) is 55.8 cm³/mol. The molecule has 2 rings (SSSR count). The van der Waals surface area contributed by atoms with Crippen molar-refractivity contribution in [2.24, 2.45) is 0 Å². The molecule has 1 aromatic rings. The van der Waals surface area contributed by atoms with Crippen molar-refractivity contribution >= 4 is 5.82 Å². The fourth-order valence-corrected chi connectivity index (χ4v) is 1.80. The quantitative estimate of drug-likeness (QED) is 0.765. The lowest BCUT2D eigenvalue weighted by molar-refractivity contribution is 0.341. The van der Waals surface area contributed by atoms with E-state index in [-0.39, 0.29) is 0 Å². The minimum Gasteiger partial charge on any atom is -0.384 e. The molecular formula is C10H16N4. The number of aromatic nitrogens is 2. The van der Waals surface area contributed by atoms with Crippen molar-refractivity contribution in [2.75, 3.05) is 25.4 Å². The molecule has 1 aliphatic rings. The van der Waals surface area contributed by atoms with E-state index in [4.69, 9.17) is 5.73 Å². The topological polar surface area (TPSA) is 55.0 Å². The molecule has 1 aliphatic heterocycles. The lowest BCUT2D eigenvalue weighted by atomic mass is 10.3. The molecule has 4 nitrogen and oxygen atoms in total. The van der Waals surface area contributed by atoms with Crippen molar-refractivity contribution < 1.29 is 0 Å². The van der Waals surface area contributed by atoms with Gasteiger partial charge in [0.15, 0.2) is 0 Å². The van der Waals surface area contributed by atoms with E-state index in [9.17, 15) is 0 Å². The third-order valence-corrected chi connectivity index (χ3v) is 2.58. The van der Waals surface area contributed by atoms with Crippen LogP contribution in [0.25, 0.3) is 0 Å². The molecule has 1 saturated heterocycles. The molecular weight excluding hydrogens is 176 g/mol. The highest BCUT2D eigenvalue weighted by Gasteiger charge is 2.11. The molecule has 2 heterocycles. The Morgan fingerprint density at radius 3 is 2.86 bits per heavy atom. The van der Waals surface area contributed by atoms with Gasteiger partial charge >= 0.3 is 0 Å². The summed E-state index contributed by atoms with van der Waals surface area (Å²) in [7, 11) is 0. The van der Waals surface area contributed by atoms with Crippen molar-refractivity contribution in [3.8, 4) is 0 Å². The van der Waals surface area contributed by atoms with Crippen LogP contribution in [0, 0.1) is 0 Å². The van der Waals surface area contributed by atoms with Crippen LogP contribution in [0.15, 0.2) is 12.3 Å². The Morgan fingerprint density at radius 1 is 1.36 bits per heavy atom. The fourth-order valence-electron chi connectivity index (χ4n) is 1.80. The normalized spacial score (nSPS) is 17.4. The van der Waals surface area contributed by atoms with Gasteiger partial charge < -0.3 is 10.6 Å². The molecule has 0 saturated carbocycles. The number of nitrogen functional groups attached to an aromatic ring is 1. The Balaban J connectivity index is 1.85. The van der Waals surface area contributed by atoms with Gasteiger partial charge in [-0.3, -0.25) is 0 Å². The third kappa shape index (κ3) is 2.42. The highest BCUT2D eigenvalue weighted by molar-refractivity contribution is 5.25. The fraction of sp³-hybridized carbons (Fsp3) is 0.600. The minimum atomic E-state index is 0.566. The number of hydrogen-bond donors (Lipinski definition) is 1. The molecule has 0 radical (unpaired) electrons. The van der Waals surface area contributed by atoms with Crippen molar-refractivity contribution in [1.29, 1.82) is 0 Å². The van der Waals surface area contributed by atoms with Crippen LogP contribution >= 0.6 is 0 Å². The van der Waals surface area contributed by atoms with E-state index in [0.717, 1.165) is 18.8 Å². The Morgan fingerprint density at radius 2 is 2.14 bits per heavy atom. The van der Waals surface area contributed by atoms with Gasteiger partial charge in [-0.25, -0.2) is 9.97 Å². The molecule has 0 atom stereocenters. The number of anilines is 1. The van der Waals surface area contributed by atoms with E-state index in [2.05, 4.69) is 14.9 Å². The first-order valence-corrected chi connectivity index (χ1v) is 5.14. The average molecular weight is 192 g/mol. The first-order valence-electron chi connectivity index (χ1n) is 5.14. The zero-order valence-corrected chi connectivity index (χ0v) is 8.32. The molecule has 0 bridgehead atoms. The lowest BCUT2D eigenvalue weighted by Gasteiger charge is -2.13. The molecule has 14 heavy (non-hydrogen) atoms. The van der Waals surface area contributed by atoms with E-state index in [1.54, 1.807) is 12.3 Å². The SMILES string of the molecule is Nc1ccnc(CCN2CCCC2)n1. The molecule has 1 fully saturated rings. The van der Waals surface area contributed by atoms with E-state index in [0.29, 0.717) is 5.82 Å². The number of rotatable bonds is 3. The monoisotopic (exact) mass is 192 g/mol. The maximum absolute atomic E-state index is 5.58. The van der Waals surface area contributed by atoms with E-state index in [1.807, 2.05) is 0 Å². The van der Waals surface area contributed by atoms with Crippen molar-refractivity contribution in [3.63, 3.8) is 0 Å². The highest BCUT2D eigenvalue weighted by Crippen LogP contribution is 2.07. The molecule has 0 unspecified atom stereocenters. The Hall–Kier alpha value is -1.16. The van der Waals surface area contributed by atoms with E-state index in [1.165, 1.54) is 25.9 Å². The zero-order chi connectivity index (χ0) is 9.80. The lowest BCUT2D eigenvalue weighted by Crippen LogP contribution is -2.22. The van der Waals surface area contributed by atoms with Crippen LogP contribution in [0.1, 0.15) is 18.7 Å². The number of likely N-dealkylation sites (tertiary alicyclic amines) is 1. The second-order valence-corrected chi connectivity index (χ2v) is 3.70. The summed E-state index contributed by atoms with van der Waals surface area (Å²) in [5, 5.41) is 0. The van der Waals surface area contributed by atoms with Crippen LogP contribution in [-0.2, 0) is 6.42 Å². The predicted octanol–water partition coefficient (Wildman–Crippen LogP) is 0.697. The van der Waals surface area contributed by atoms with Crippen LogP contribution in [-0.4, -0.2) is 34.5 Å². The molecule has 2 N–H and O–H groups in total. The van der Waals surface area contributed by atoms with Gasteiger partial charge in [0, 0.05) is 19.2 Å². The molecule has 0 aliphatic carbocycles. The average Bonchev–Trinajstić information content (AvgIpc) is 2.67. The smallest absolute Gasteiger partial charge is 0.131 e. The highest BCUT2D eigenvalue weighted by atomic mass is 15.1. The molecule has 4 heteroatoms. The van der Waals surface area contributed by atoms with Gasteiger partial charge in [-0.15, -0.1) is 0 Å². The van der Waals surface area contributed by atoms with Gasteiger partial charge in [0.2, 0.25) is 0 Å². The summed E-state index contributed by atoms with van der Waals surface area (Å²) in [6, 6.07) is 1.72. The molecule has 1 aromatic heterocycles.